The van der Waals surface area contributed by atoms with Crippen molar-refractivity contribution in [1.29, 1.82) is 0 Å². The third kappa shape index (κ3) is 5.54. The minimum atomic E-state index is -0.954. The van der Waals surface area contributed by atoms with Crippen molar-refractivity contribution in [3.05, 3.63) is 44.8 Å². The average Bonchev–Trinajstić information content (AvgIpc) is 3.43. The molecule has 0 aromatic carbocycles. The molecule has 5 nitrogen and oxygen atoms in total. The fraction of sp³-hybridized carbons (Fsp3) is 0.550. The van der Waals surface area contributed by atoms with E-state index in [1.165, 1.54) is 17.7 Å². The van der Waals surface area contributed by atoms with Crippen molar-refractivity contribution in [3.63, 3.8) is 0 Å². The number of aliphatic imine (C=N–C) groups is 1. The third-order valence-corrected chi connectivity index (χ3v) is 6.61. The molecule has 1 aliphatic heterocycles. The first-order valence-corrected chi connectivity index (χ1v) is 11.5. The van der Waals surface area contributed by atoms with Gasteiger partial charge in [-0.1, -0.05) is 6.07 Å². The van der Waals surface area contributed by atoms with Gasteiger partial charge in [0.25, 0.3) is 0 Å². The van der Waals surface area contributed by atoms with E-state index in [2.05, 4.69) is 45.0 Å². The van der Waals surface area contributed by atoms with Crippen LogP contribution in [-0.2, 0) is 5.60 Å². The zero-order valence-corrected chi connectivity index (χ0v) is 17.8. The highest BCUT2D eigenvalue weighted by atomic mass is 32.1. The summed E-state index contributed by atoms with van der Waals surface area (Å²) in [5, 5.41) is 23.7. The van der Waals surface area contributed by atoms with Crippen LogP contribution in [0, 0.1) is 0 Å². The molecule has 2 aromatic rings. The van der Waals surface area contributed by atoms with Crippen LogP contribution in [0.25, 0.3) is 0 Å². The molecule has 1 fully saturated rings. The SMILES string of the molecule is CCNC(=NCC(C)(O)c1ccsc1)NCC(c1cccs1)N1CCCC1. The Bertz CT molecular complexity index is 692. The smallest absolute Gasteiger partial charge is 0.191 e. The summed E-state index contributed by atoms with van der Waals surface area (Å²) in [6.45, 7) is 8.13. The summed E-state index contributed by atoms with van der Waals surface area (Å²) in [6.07, 6.45) is 2.55. The number of aliphatic hydroxyl groups is 1. The summed E-state index contributed by atoms with van der Waals surface area (Å²) in [5.74, 6) is 0.758. The van der Waals surface area contributed by atoms with Crippen LogP contribution < -0.4 is 10.6 Å². The van der Waals surface area contributed by atoms with E-state index in [4.69, 9.17) is 0 Å². The molecule has 3 rings (SSSR count). The molecular formula is C20H30N4OS2. The van der Waals surface area contributed by atoms with Crippen LogP contribution in [0.1, 0.15) is 43.2 Å². The van der Waals surface area contributed by atoms with Crippen molar-refractivity contribution < 1.29 is 5.11 Å². The molecule has 0 aliphatic carbocycles. The molecular weight excluding hydrogens is 376 g/mol. The molecule has 3 N–H and O–H groups in total. The van der Waals surface area contributed by atoms with E-state index in [1.807, 2.05) is 35.1 Å². The van der Waals surface area contributed by atoms with Gasteiger partial charge in [-0.15, -0.1) is 11.3 Å². The van der Waals surface area contributed by atoms with E-state index in [1.54, 1.807) is 11.3 Å². The zero-order chi connectivity index (χ0) is 19.1. The highest BCUT2D eigenvalue weighted by Gasteiger charge is 2.25. The van der Waals surface area contributed by atoms with Crippen molar-refractivity contribution in [2.75, 3.05) is 32.7 Å². The lowest BCUT2D eigenvalue weighted by Gasteiger charge is -2.28. The predicted octanol–water partition coefficient (Wildman–Crippen LogP) is 3.41. The summed E-state index contributed by atoms with van der Waals surface area (Å²) in [6, 6.07) is 6.68. The van der Waals surface area contributed by atoms with E-state index in [9.17, 15) is 5.11 Å². The van der Waals surface area contributed by atoms with Gasteiger partial charge in [0, 0.05) is 18.0 Å². The Morgan fingerprint density at radius 2 is 2.11 bits per heavy atom. The van der Waals surface area contributed by atoms with Crippen LogP contribution in [0.5, 0.6) is 0 Å². The third-order valence-electron chi connectivity index (χ3n) is 4.95. The fourth-order valence-electron chi connectivity index (χ4n) is 3.37. The molecule has 1 aliphatic rings. The first-order chi connectivity index (χ1) is 13.1. The number of likely N-dealkylation sites (tertiary alicyclic amines) is 1. The van der Waals surface area contributed by atoms with Gasteiger partial charge in [0.2, 0.25) is 0 Å². The van der Waals surface area contributed by atoms with Crippen molar-refractivity contribution in [2.45, 2.75) is 38.3 Å². The summed E-state index contributed by atoms with van der Waals surface area (Å²) < 4.78 is 0. The number of rotatable bonds is 8. The second-order valence-corrected chi connectivity index (χ2v) is 8.90. The lowest BCUT2D eigenvalue weighted by molar-refractivity contribution is 0.0677. The Hall–Kier alpha value is -1.41. The molecule has 1 saturated heterocycles. The Labute approximate surface area is 170 Å². The van der Waals surface area contributed by atoms with Gasteiger partial charge in [0.1, 0.15) is 5.60 Å². The summed E-state index contributed by atoms with van der Waals surface area (Å²) >= 11 is 3.41. The number of nitrogens with one attached hydrogen (secondary N) is 2. The highest BCUT2D eigenvalue weighted by Crippen LogP contribution is 2.28. The molecule has 2 unspecified atom stereocenters. The monoisotopic (exact) mass is 406 g/mol. The number of hydrogen-bond donors (Lipinski definition) is 3. The Morgan fingerprint density at radius 1 is 1.30 bits per heavy atom. The maximum Gasteiger partial charge on any atom is 0.191 e. The minimum absolute atomic E-state index is 0.326. The van der Waals surface area contributed by atoms with Gasteiger partial charge in [0.05, 0.1) is 12.6 Å². The van der Waals surface area contributed by atoms with E-state index in [0.717, 1.165) is 37.7 Å². The van der Waals surface area contributed by atoms with Crippen LogP contribution in [0.2, 0.25) is 0 Å². The molecule has 0 radical (unpaired) electrons. The van der Waals surface area contributed by atoms with Crippen LogP contribution in [0.15, 0.2) is 39.3 Å². The molecule has 3 heterocycles. The number of hydrogen-bond acceptors (Lipinski definition) is 5. The van der Waals surface area contributed by atoms with Crippen LogP contribution in [0.4, 0.5) is 0 Å². The zero-order valence-electron chi connectivity index (χ0n) is 16.1. The maximum atomic E-state index is 10.7. The standard InChI is InChI=1S/C20H30N4OS2/c1-3-21-19(23-15-20(2,25)16-8-12-26-14-16)22-13-17(18-7-6-11-27-18)24-9-4-5-10-24/h6-8,11-12,14,17,25H,3-5,9-10,13,15H2,1-2H3,(H2,21,22,23). The van der Waals surface area contributed by atoms with E-state index in [-0.39, 0.29) is 0 Å². The van der Waals surface area contributed by atoms with Gasteiger partial charge in [-0.25, -0.2) is 4.99 Å². The average molecular weight is 407 g/mol. The summed E-state index contributed by atoms with van der Waals surface area (Å²) in [5.41, 5.74) is -0.0367. The Morgan fingerprint density at radius 3 is 2.74 bits per heavy atom. The van der Waals surface area contributed by atoms with E-state index in [0.29, 0.717) is 12.6 Å². The van der Waals surface area contributed by atoms with Crippen molar-refractivity contribution in [3.8, 4) is 0 Å². The molecule has 0 saturated carbocycles. The maximum absolute atomic E-state index is 10.7. The quantitative estimate of drug-likeness (QED) is 0.464. The predicted molar refractivity (Wildman–Crippen MR) is 116 cm³/mol. The minimum Gasteiger partial charge on any atom is -0.383 e. The van der Waals surface area contributed by atoms with Crippen LogP contribution in [-0.4, -0.2) is 48.7 Å². The molecule has 0 bridgehead atoms. The summed E-state index contributed by atoms with van der Waals surface area (Å²) in [7, 11) is 0. The van der Waals surface area contributed by atoms with Crippen molar-refractivity contribution in [2.24, 2.45) is 4.99 Å². The Kier molecular flexibility index (Phi) is 7.29. The fourth-order valence-corrected chi connectivity index (χ4v) is 5.02. The lowest BCUT2D eigenvalue weighted by Crippen LogP contribution is -2.43. The van der Waals surface area contributed by atoms with Gasteiger partial charge < -0.3 is 15.7 Å². The molecule has 0 spiro atoms. The van der Waals surface area contributed by atoms with Gasteiger partial charge in [-0.05, 0) is 73.6 Å². The van der Waals surface area contributed by atoms with Gasteiger partial charge >= 0.3 is 0 Å². The normalized spacial score (nSPS) is 19.0. The lowest BCUT2D eigenvalue weighted by atomic mass is 10.00. The first-order valence-electron chi connectivity index (χ1n) is 9.65. The largest absolute Gasteiger partial charge is 0.383 e. The molecule has 27 heavy (non-hydrogen) atoms. The van der Waals surface area contributed by atoms with Crippen LogP contribution >= 0.6 is 22.7 Å². The number of guanidine groups is 1. The molecule has 2 atom stereocenters. The molecule has 148 valence electrons. The number of thiophene rings is 2. The second-order valence-electron chi connectivity index (χ2n) is 7.14. The topological polar surface area (TPSA) is 59.9 Å². The van der Waals surface area contributed by atoms with Gasteiger partial charge in [0.15, 0.2) is 5.96 Å². The first kappa shape index (κ1) is 20.3. The van der Waals surface area contributed by atoms with Gasteiger partial charge in [-0.3, -0.25) is 4.90 Å². The Balaban J connectivity index is 1.65. The van der Waals surface area contributed by atoms with E-state index >= 15 is 0 Å². The van der Waals surface area contributed by atoms with E-state index < -0.39 is 5.60 Å². The number of nitrogens with zero attached hydrogens (tertiary/aromatic N) is 2. The van der Waals surface area contributed by atoms with Crippen molar-refractivity contribution in [1.82, 2.24) is 15.5 Å². The second kappa shape index (κ2) is 9.68. The molecule has 7 heteroatoms. The molecule has 2 aromatic heterocycles. The summed E-state index contributed by atoms with van der Waals surface area (Å²) in [4.78, 5) is 8.61. The highest BCUT2D eigenvalue weighted by molar-refractivity contribution is 7.10. The van der Waals surface area contributed by atoms with Crippen molar-refractivity contribution >= 4 is 28.6 Å². The van der Waals surface area contributed by atoms with Crippen LogP contribution in [0.3, 0.4) is 0 Å². The van der Waals surface area contributed by atoms with Gasteiger partial charge in [-0.2, -0.15) is 11.3 Å². The molecule has 0 amide bonds.